The number of fused-ring (bicyclic) bond motifs is 1. The molecule has 1 aliphatic heterocycles. The van der Waals surface area contributed by atoms with Gasteiger partial charge in [0.2, 0.25) is 0 Å². The van der Waals surface area contributed by atoms with Crippen molar-refractivity contribution >= 4 is 29.0 Å². The number of nitrogens with zero attached hydrogens (tertiary/aromatic N) is 2. The largest absolute Gasteiger partial charge is 0.352 e. The molecule has 2 heterocycles. The van der Waals surface area contributed by atoms with E-state index in [1.54, 1.807) is 25.2 Å². The molecule has 0 saturated carbocycles. The molecule has 1 aromatic carbocycles. The average molecular weight is 375 g/mol. The highest BCUT2D eigenvalue weighted by Gasteiger charge is 2.15. The molecule has 2 N–H and O–H groups in total. The lowest BCUT2D eigenvalue weighted by Gasteiger charge is -2.29. The molecule has 140 valence electrons. The molecule has 1 aliphatic rings. The fraction of sp³-hybridized carbons (Fsp3) is 0.526. The smallest absolute Gasteiger partial charge is 0.261 e. The fourth-order valence-corrected chi connectivity index (χ4v) is 3.66. The standard InChI is InChI=1S/C19H26N4O2S/c1-13(12-23-8-4-3-5-9-23)11-20-17(24)14-6-7-15-16(10-14)21-19(26)22(2)18(15)25/h6-7,10,13H,3-5,8-9,11-12H2,1-2H3,(H,20,24)(H,21,26). The molecule has 26 heavy (non-hydrogen) atoms. The molecule has 2 aromatic rings. The molecule has 1 saturated heterocycles. The molecule has 7 heteroatoms. The Morgan fingerprint density at radius 3 is 2.77 bits per heavy atom. The molecule has 1 atom stereocenters. The molecule has 0 radical (unpaired) electrons. The van der Waals surface area contributed by atoms with Gasteiger partial charge in [-0.25, -0.2) is 0 Å². The summed E-state index contributed by atoms with van der Waals surface area (Å²) in [5, 5.41) is 3.53. The van der Waals surface area contributed by atoms with E-state index in [4.69, 9.17) is 12.2 Å². The van der Waals surface area contributed by atoms with E-state index in [1.165, 1.54) is 23.8 Å². The molecule has 0 spiro atoms. The Hall–Kier alpha value is -1.99. The molecule has 1 amide bonds. The summed E-state index contributed by atoms with van der Waals surface area (Å²) in [6.07, 6.45) is 3.88. The first-order valence-electron chi connectivity index (χ1n) is 9.19. The third kappa shape index (κ3) is 4.22. The Labute approximate surface area is 158 Å². The number of carbonyl (C=O) groups excluding carboxylic acids is 1. The maximum Gasteiger partial charge on any atom is 0.261 e. The van der Waals surface area contributed by atoms with Gasteiger partial charge in [0.05, 0.1) is 10.9 Å². The minimum atomic E-state index is -0.161. The summed E-state index contributed by atoms with van der Waals surface area (Å²) in [6, 6.07) is 5.05. The SMILES string of the molecule is CC(CNC(=O)c1ccc2c(=O)n(C)c(=S)[nH]c2c1)CN1CCCCC1. The van der Waals surface area contributed by atoms with Crippen LogP contribution in [-0.4, -0.2) is 46.5 Å². The van der Waals surface area contributed by atoms with Crippen LogP contribution < -0.4 is 10.9 Å². The fourth-order valence-electron chi connectivity index (χ4n) is 3.46. The second-order valence-electron chi connectivity index (χ2n) is 7.23. The van der Waals surface area contributed by atoms with E-state index >= 15 is 0 Å². The first-order chi connectivity index (χ1) is 12.5. The van der Waals surface area contributed by atoms with Crippen molar-refractivity contribution in [1.82, 2.24) is 19.8 Å². The zero-order chi connectivity index (χ0) is 18.7. The number of nitrogens with one attached hydrogen (secondary N) is 2. The van der Waals surface area contributed by atoms with Gasteiger partial charge >= 0.3 is 0 Å². The molecule has 1 fully saturated rings. The predicted octanol–water partition coefficient (Wildman–Crippen LogP) is 2.45. The van der Waals surface area contributed by atoms with Gasteiger partial charge in [-0.1, -0.05) is 13.3 Å². The van der Waals surface area contributed by atoms with E-state index < -0.39 is 0 Å². The van der Waals surface area contributed by atoms with Gasteiger partial charge < -0.3 is 15.2 Å². The number of amides is 1. The van der Waals surface area contributed by atoms with E-state index in [1.807, 2.05) is 0 Å². The Kier molecular flexibility index (Phi) is 5.88. The minimum absolute atomic E-state index is 0.127. The molecule has 0 aliphatic carbocycles. The Bertz CT molecular complexity index is 912. The van der Waals surface area contributed by atoms with Crippen LogP contribution in [0.25, 0.3) is 10.9 Å². The number of aromatic nitrogens is 2. The lowest BCUT2D eigenvalue weighted by molar-refractivity contribution is 0.0942. The summed E-state index contributed by atoms with van der Waals surface area (Å²) < 4.78 is 1.73. The van der Waals surface area contributed by atoms with Crippen LogP contribution in [0.1, 0.15) is 36.5 Å². The Morgan fingerprint density at radius 2 is 2.04 bits per heavy atom. The summed E-state index contributed by atoms with van der Waals surface area (Å²) in [5.74, 6) is 0.271. The quantitative estimate of drug-likeness (QED) is 0.789. The second kappa shape index (κ2) is 8.14. The van der Waals surface area contributed by atoms with Gasteiger partial charge in [-0.05, 0) is 62.3 Å². The molecule has 1 aromatic heterocycles. The van der Waals surface area contributed by atoms with Crippen LogP contribution in [0.15, 0.2) is 23.0 Å². The van der Waals surface area contributed by atoms with Crippen LogP contribution in [0, 0.1) is 10.7 Å². The van der Waals surface area contributed by atoms with Crippen molar-refractivity contribution in [2.45, 2.75) is 26.2 Å². The zero-order valence-electron chi connectivity index (χ0n) is 15.4. The number of hydrogen-bond acceptors (Lipinski definition) is 4. The van der Waals surface area contributed by atoms with Crippen molar-refractivity contribution < 1.29 is 4.79 Å². The summed E-state index contributed by atoms with van der Waals surface area (Å²) in [7, 11) is 1.63. The van der Waals surface area contributed by atoms with Gasteiger partial charge in [0.15, 0.2) is 4.77 Å². The molecule has 3 rings (SSSR count). The zero-order valence-corrected chi connectivity index (χ0v) is 16.2. The normalized spacial score (nSPS) is 16.5. The van der Waals surface area contributed by atoms with E-state index in [0.29, 0.717) is 33.7 Å². The third-order valence-electron chi connectivity index (χ3n) is 4.99. The number of likely N-dealkylation sites (tertiary alicyclic amines) is 1. The van der Waals surface area contributed by atoms with Gasteiger partial charge in [0, 0.05) is 25.7 Å². The molecule has 6 nitrogen and oxygen atoms in total. The maximum atomic E-state index is 12.5. The van der Waals surface area contributed by atoms with Crippen molar-refractivity contribution in [2.75, 3.05) is 26.2 Å². The Balaban J connectivity index is 1.65. The monoisotopic (exact) mass is 374 g/mol. The van der Waals surface area contributed by atoms with Gasteiger partial charge in [-0.2, -0.15) is 0 Å². The third-order valence-corrected chi connectivity index (χ3v) is 5.37. The van der Waals surface area contributed by atoms with Crippen LogP contribution >= 0.6 is 12.2 Å². The maximum absolute atomic E-state index is 12.5. The summed E-state index contributed by atoms with van der Waals surface area (Å²) in [6.45, 7) is 6.14. The summed E-state index contributed by atoms with van der Waals surface area (Å²) >= 11 is 5.14. The number of carbonyl (C=O) groups is 1. The molecule has 0 bridgehead atoms. The van der Waals surface area contributed by atoms with Crippen molar-refractivity contribution in [2.24, 2.45) is 13.0 Å². The van der Waals surface area contributed by atoms with Gasteiger partial charge in [-0.15, -0.1) is 0 Å². The first-order valence-corrected chi connectivity index (χ1v) is 9.60. The van der Waals surface area contributed by atoms with Gasteiger partial charge in [-0.3, -0.25) is 14.2 Å². The predicted molar refractivity (Wildman–Crippen MR) is 106 cm³/mol. The highest BCUT2D eigenvalue weighted by molar-refractivity contribution is 7.71. The van der Waals surface area contributed by atoms with E-state index in [0.717, 1.165) is 19.6 Å². The van der Waals surface area contributed by atoms with Crippen molar-refractivity contribution in [1.29, 1.82) is 0 Å². The Morgan fingerprint density at radius 1 is 1.31 bits per heavy atom. The van der Waals surface area contributed by atoms with Crippen molar-refractivity contribution in [3.63, 3.8) is 0 Å². The van der Waals surface area contributed by atoms with Gasteiger partial charge in [0.25, 0.3) is 11.5 Å². The number of benzene rings is 1. The van der Waals surface area contributed by atoms with E-state index in [9.17, 15) is 9.59 Å². The van der Waals surface area contributed by atoms with Crippen molar-refractivity contribution in [3.8, 4) is 0 Å². The number of H-pyrrole nitrogens is 1. The van der Waals surface area contributed by atoms with Crippen LogP contribution in [0.2, 0.25) is 0 Å². The average Bonchev–Trinajstić information content (AvgIpc) is 2.64. The highest BCUT2D eigenvalue weighted by atomic mass is 32.1. The van der Waals surface area contributed by atoms with Crippen LogP contribution in [-0.2, 0) is 7.05 Å². The van der Waals surface area contributed by atoms with E-state index in [2.05, 4.69) is 22.1 Å². The van der Waals surface area contributed by atoms with E-state index in [-0.39, 0.29) is 11.5 Å². The van der Waals surface area contributed by atoms with Gasteiger partial charge in [0.1, 0.15) is 0 Å². The number of piperidine rings is 1. The second-order valence-corrected chi connectivity index (χ2v) is 7.62. The highest BCUT2D eigenvalue weighted by Crippen LogP contribution is 2.12. The first kappa shape index (κ1) is 18.8. The molecular weight excluding hydrogens is 348 g/mol. The minimum Gasteiger partial charge on any atom is -0.352 e. The molecule has 1 unspecified atom stereocenters. The lowest BCUT2D eigenvalue weighted by Crippen LogP contribution is -2.38. The number of rotatable bonds is 5. The van der Waals surface area contributed by atoms with Crippen LogP contribution in [0.5, 0.6) is 0 Å². The van der Waals surface area contributed by atoms with Crippen molar-refractivity contribution in [3.05, 3.63) is 38.9 Å². The number of aromatic amines is 1. The summed E-state index contributed by atoms with van der Waals surface area (Å²) in [5.41, 5.74) is 0.958. The summed E-state index contributed by atoms with van der Waals surface area (Å²) in [4.78, 5) is 30.2. The lowest BCUT2D eigenvalue weighted by atomic mass is 10.1. The van der Waals surface area contributed by atoms with Crippen LogP contribution in [0.3, 0.4) is 0 Å². The van der Waals surface area contributed by atoms with Crippen LogP contribution in [0.4, 0.5) is 0 Å². The topological polar surface area (TPSA) is 70.1 Å². The number of hydrogen-bond donors (Lipinski definition) is 2. The molecular formula is C19H26N4O2S.